The van der Waals surface area contributed by atoms with Crippen LogP contribution in [0.2, 0.25) is 0 Å². The largest absolute Gasteiger partial charge is 0.288 e. The van der Waals surface area contributed by atoms with Gasteiger partial charge in [-0.25, -0.2) is 8.78 Å². The second kappa shape index (κ2) is 4.37. The van der Waals surface area contributed by atoms with Crippen LogP contribution in [0, 0.1) is 25.5 Å². The van der Waals surface area contributed by atoms with Crippen LogP contribution in [0.3, 0.4) is 0 Å². The van der Waals surface area contributed by atoms with E-state index < -0.39 is 17.4 Å². The van der Waals surface area contributed by atoms with Crippen molar-refractivity contribution in [3.05, 3.63) is 56.8 Å². The highest BCUT2D eigenvalue weighted by Crippen LogP contribution is 2.24. The maximum Gasteiger partial charge on any atom is 0.205 e. The predicted molar refractivity (Wildman–Crippen MR) is 63.6 cm³/mol. The summed E-state index contributed by atoms with van der Waals surface area (Å²) in [6.07, 6.45) is 0. The quantitative estimate of drug-likeness (QED) is 0.741. The summed E-state index contributed by atoms with van der Waals surface area (Å²) in [6, 6.07) is 4.71. The molecule has 0 N–H and O–H groups in total. The molecule has 2 rings (SSSR count). The number of hydrogen-bond acceptors (Lipinski definition) is 2. The Labute approximate surface area is 102 Å². The van der Waals surface area contributed by atoms with Crippen LogP contribution in [0.25, 0.3) is 0 Å². The minimum Gasteiger partial charge on any atom is -0.288 e. The zero-order valence-corrected chi connectivity index (χ0v) is 10.2. The molecule has 0 saturated heterocycles. The number of aryl methyl sites for hydroxylation is 2. The molecule has 0 atom stereocenters. The fraction of sp³-hybridized carbons (Fsp3) is 0.154. The second-order valence-corrected chi connectivity index (χ2v) is 5.06. The van der Waals surface area contributed by atoms with E-state index in [1.54, 1.807) is 6.07 Å². The van der Waals surface area contributed by atoms with E-state index in [0.29, 0.717) is 4.88 Å². The van der Waals surface area contributed by atoms with Gasteiger partial charge in [0.2, 0.25) is 5.78 Å². The van der Waals surface area contributed by atoms with Gasteiger partial charge in [-0.3, -0.25) is 4.79 Å². The Morgan fingerprint density at radius 2 is 1.88 bits per heavy atom. The molecular formula is C13H10F2OS. The van der Waals surface area contributed by atoms with Crippen molar-refractivity contribution >= 4 is 17.1 Å². The lowest BCUT2D eigenvalue weighted by atomic mass is 10.1. The number of carbonyl (C=O) groups is 1. The standard InChI is InChI=1S/C13H10F2OS/c1-7-5-12(17-8(7)2)13(16)10-4-3-9(14)6-11(10)15/h3-6H,1-2H3. The van der Waals surface area contributed by atoms with E-state index in [1.165, 1.54) is 17.4 Å². The maximum absolute atomic E-state index is 13.4. The maximum atomic E-state index is 13.4. The molecule has 1 nitrogen and oxygen atoms in total. The van der Waals surface area contributed by atoms with Crippen molar-refractivity contribution in [1.82, 2.24) is 0 Å². The first kappa shape index (κ1) is 11.9. The van der Waals surface area contributed by atoms with Crippen LogP contribution in [0.1, 0.15) is 25.7 Å². The van der Waals surface area contributed by atoms with Crippen LogP contribution in [0.5, 0.6) is 0 Å². The highest BCUT2D eigenvalue weighted by atomic mass is 32.1. The van der Waals surface area contributed by atoms with Crippen LogP contribution in [0.4, 0.5) is 8.78 Å². The average Bonchev–Trinajstić information content (AvgIpc) is 2.58. The summed E-state index contributed by atoms with van der Waals surface area (Å²) >= 11 is 1.32. The summed E-state index contributed by atoms with van der Waals surface area (Å²) in [7, 11) is 0. The van der Waals surface area contributed by atoms with Gasteiger partial charge in [0.25, 0.3) is 0 Å². The third-order valence-electron chi connectivity index (χ3n) is 2.57. The van der Waals surface area contributed by atoms with Crippen molar-refractivity contribution in [3.8, 4) is 0 Å². The topological polar surface area (TPSA) is 17.1 Å². The molecule has 0 aliphatic rings. The van der Waals surface area contributed by atoms with Gasteiger partial charge >= 0.3 is 0 Å². The summed E-state index contributed by atoms with van der Waals surface area (Å²) < 4.78 is 26.2. The fourth-order valence-electron chi connectivity index (χ4n) is 1.49. The zero-order chi connectivity index (χ0) is 12.6. The van der Waals surface area contributed by atoms with Crippen molar-refractivity contribution in [2.24, 2.45) is 0 Å². The molecule has 0 fully saturated rings. The molecule has 1 aromatic carbocycles. The van der Waals surface area contributed by atoms with Gasteiger partial charge in [-0.1, -0.05) is 0 Å². The molecule has 0 saturated carbocycles. The number of thiophene rings is 1. The molecule has 2 aromatic rings. The molecule has 1 aromatic heterocycles. The molecule has 0 amide bonds. The normalized spacial score (nSPS) is 10.6. The molecule has 0 aliphatic carbocycles. The molecular weight excluding hydrogens is 242 g/mol. The number of carbonyl (C=O) groups excluding carboxylic acids is 1. The van der Waals surface area contributed by atoms with Crippen molar-refractivity contribution in [2.75, 3.05) is 0 Å². The molecule has 1 heterocycles. The van der Waals surface area contributed by atoms with E-state index in [-0.39, 0.29) is 5.56 Å². The van der Waals surface area contributed by atoms with Gasteiger partial charge in [0.15, 0.2) is 0 Å². The van der Waals surface area contributed by atoms with Crippen molar-refractivity contribution in [3.63, 3.8) is 0 Å². The molecule has 0 radical (unpaired) electrons. The molecule has 88 valence electrons. The lowest BCUT2D eigenvalue weighted by Crippen LogP contribution is -2.02. The Kier molecular flexibility index (Phi) is 3.07. The van der Waals surface area contributed by atoms with Crippen LogP contribution in [-0.4, -0.2) is 5.78 Å². The Bertz CT molecular complexity index is 568. The average molecular weight is 252 g/mol. The highest BCUT2D eigenvalue weighted by Gasteiger charge is 2.17. The smallest absolute Gasteiger partial charge is 0.205 e. The summed E-state index contributed by atoms with van der Waals surface area (Å²) in [5.41, 5.74) is 0.911. The van der Waals surface area contributed by atoms with Crippen LogP contribution in [0.15, 0.2) is 24.3 Å². The fourth-order valence-corrected chi connectivity index (χ4v) is 2.48. The highest BCUT2D eigenvalue weighted by molar-refractivity contribution is 7.14. The molecule has 0 spiro atoms. The molecule has 0 aliphatic heterocycles. The van der Waals surface area contributed by atoms with Crippen LogP contribution in [-0.2, 0) is 0 Å². The first-order valence-electron chi connectivity index (χ1n) is 5.06. The Morgan fingerprint density at radius 3 is 2.41 bits per heavy atom. The van der Waals surface area contributed by atoms with Crippen molar-refractivity contribution in [2.45, 2.75) is 13.8 Å². The lowest BCUT2D eigenvalue weighted by molar-refractivity contribution is 0.103. The first-order chi connectivity index (χ1) is 7.99. The summed E-state index contributed by atoms with van der Waals surface area (Å²) in [6.45, 7) is 3.79. The Morgan fingerprint density at radius 1 is 1.18 bits per heavy atom. The minimum atomic E-state index is -0.821. The monoisotopic (exact) mass is 252 g/mol. The number of benzene rings is 1. The Hall–Kier alpha value is -1.55. The SMILES string of the molecule is Cc1cc(C(=O)c2ccc(F)cc2F)sc1C. The number of ketones is 1. The van der Waals surface area contributed by atoms with Crippen LogP contribution < -0.4 is 0 Å². The number of halogens is 2. The van der Waals surface area contributed by atoms with Gasteiger partial charge in [0.05, 0.1) is 10.4 Å². The van der Waals surface area contributed by atoms with Crippen molar-refractivity contribution in [1.29, 1.82) is 0 Å². The van der Waals surface area contributed by atoms with Crippen LogP contribution >= 0.6 is 11.3 Å². The molecule has 17 heavy (non-hydrogen) atoms. The van der Waals surface area contributed by atoms with Gasteiger partial charge in [-0.05, 0) is 37.6 Å². The van der Waals surface area contributed by atoms with E-state index in [0.717, 1.165) is 22.6 Å². The van der Waals surface area contributed by atoms with Gasteiger partial charge in [-0.15, -0.1) is 11.3 Å². The number of hydrogen-bond donors (Lipinski definition) is 0. The van der Waals surface area contributed by atoms with Gasteiger partial charge in [0.1, 0.15) is 11.6 Å². The summed E-state index contributed by atoms with van der Waals surface area (Å²) in [4.78, 5) is 13.5. The summed E-state index contributed by atoms with van der Waals surface area (Å²) in [5, 5.41) is 0. The van der Waals surface area contributed by atoms with Crippen molar-refractivity contribution < 1.29 is 13.6 Å². The molecule has 0 unspecified atom stereocenters. The van der Waals surface area contributed by atoms with E-state index in [4.69, 9.17) is 0 Å². The van der Waals surface area contributed by atoms with Gasteiger partial charge in [-0.2, -0.15) is 0 Å². The van der Waals surface area contributed by atoms with Gasteiger partial charge < -0.3 is 0 Å². The summed E-state index contributed by atoms with van der Waals surface area (Å²) in [5.74, 6) is -1.90. The van der Waals surface area contributed by atoms with E-state index >= 15 is 0 Å². The first-order valence-corrected chi connectivity index (χ1v) is 5.87. The van der Waals surface area contributed by atoms with E-state index in [2.05, 4.69) is 0 Å². The third-order valence-corrected chi connectivity index (χ3v) is 3.72. The van der Waals surface area contributed by atoms with Gasteiger partial charge in [0, 0.05) is 10.9 Å². The van der Waals surface area contributed by atoms with E-state index in [9.17, 15) is 13.6 Å². The number of rotatable bonds is 2. The minimum absolute atomic E-state index is 0.0901. The lowest BCUT2D eigenvalue weighted by Gasteiger charge is -2.00. The third kappa shape index (κ3) is 2.26. The molecule has 4 heteroatoms. The molecule has 0 bridgehead atoms. The zero-order valence-electron chi connectivity index (χ0n) is 9.38. The second-order valence-electron chi connectivity index (χ2n) is 3.80. The Balaban J connectivity index is 2.43. The predicted octanol–water partition coefficient (Wildman–Crippen LogP) is 3.87. The van der Waals surface area contributed by atoms with E-state index in [1.807, 2.05) is 13.8 Å².